The average Bonchev–Trinajstić information content (AvgIpc) is 2.86. The molecule has 9 nitrogen and oxygen atoms in total. The molecule has 0 bridgehead atoms. The first-order chi connectivity index (χ1) is 12.4. The smallest absolute Gasteiger partial charge is 0.313 e. The quantitative estimate of drug-likeness (QED) is 0.753. The molecule has 3 rings (SSSR count). The molecule has 2 N–H and O–H groups in total. The second-order valence-electron chi connectivity index (χ2n) is 7.11. The van der Waals surface area contributed by atoms with Crippen LogP contribution in [0.2, 0.25) is 0 Å². The van der Waals surface area contributed by atoms with Crippen molar-refractivity contribution in [2.24, 2.45) is 0 Å². The van der Waals surface area contributed by atoms with E-state index in [1.54, 1.807) is 20.0 Å². The van der Waals surface area contributed by atoms with Crippen LogP contribution in [0.1, 0.15) is 19.4 Å². The number of hydrogen-bond donors (Lipinski definition) is 2. The van der Waals surface area contributed by atoms with Crippen molar-refractivity contribution in [2.75, 3.05) is 62.4 Å². The topological polar surface area (TPSA) is 108 Å². The van der Waals surface area contributed by atoms with Crippen molar-refractivity contribution in [3.05, 3.63) is 11.8 Å². The van der Waals surface area contributed by atoms with Gasteiger partial charge in [-0.2, -0.15) is 4.98 Å². The molecular weight excluding hydrogens is 340 g/mol. The van der Waals surface area contributed by atoms with Crippen LogP contribution in [0.15, 0.2) is 6.20 Å². The van der Waals surface area contributed by atoms with Gasteiger partial charge in [0.1, 0.15) is 5.82 Å². The maximum atomic E-state index is 11.8. The number of carboxylic acid groups (broad SMARTS) is 1. The van der Waals surface area contributed by atoms with Crippen LogP contribution in [0.25, 0.3) is 0 Å². The highest BCUT2D eigenvalue weighted by atomic mass is 16.5. The number of aliphatic hydroxyl groups is 1. The molecule has 144 valence electrons. The van der Waals surface area contributed by atoms with Crippen LogP contribution < -0.4 is 9.80 Å². The van der Waals surface area contributed by atoms with Gasteiger partial charge >= 0.3 is 5.97 Å². The van der Waals surface area contributed by atoms with E-state index in [9.17, 15) is 15.0 Å². The Morgan fingerprint density at radius 2 is 1.85 bits per heavy atom. The monoisotopic (exact) mass is 366 g/mol. The molecule has 2 saturated heterocycles. The first-order valence-corrected chi connectivity index (χ1v) is 8.84. The number of ether oxygens (including phenoxy) is 2. The maximum absolute atomic E-state index is 11.8. The molecule has 0 saturated carbocycles. The van der Waals surface area contributed by atoms with Crippen molar-refractivity contribution in [3.8, 4) is 0 Å². The van der Waals surface area contributed by atoms with E-state index in [1.807, 2.05) is 9.80 Å². The minimum absolute atomic E-state index is 0.289. The lowest BCUT2D eigenvalue weighted by Crippen LogP contribution is -2.41. The fourth-order valence-corrected chi connectivity index (χ4v) is 3.06. The fourth-order valence-electron chi connectivity index (χ4n) is 3.06. The van der Waals surface area contributed by atoms with Crippen molar-refractivity contribution in [3.63, 3.8) is 0 Å². The largest absolute Gasteiger partial charge is 0.481 e. The zero-order valence-electron chi connectivity index (χ0n) is 15.2. The molecule has 2 fully saturated rings. The van der Waals surface area contributed by atoms with Gasteiger partial charge in [-0.3, -0.25) is 4.79 Å². The Kier molecular flexibility index (Phi) is 5.59. The van der Waals surface area contributed by atoms with Gasteiger partial charge in [0, 0.05) is 37.9 Å². The fraction of sp³-hybridized carbons (Fsp3) is 0.706. The Balaban J connectivity index is 1.99. The SMILES string of the molecule is CC(C)(C(=O)O)c1cnc(N2CCOCC(O)C2)nc1N1CCOCC1. The summed E-state index contributed by atoms with van der Waals surface area (Å²) in [7, 11) is 0. The van der Waals surface area contributed by atoms with Crippen molar-refractivity contribution < 1.29 is 24.5 Å². The summed E-state index contributed by atoms with van der Waals surface area (Å²) in [6.45, 7) is 7.46. The summed E-state index contributed by atoms with van der Waals surface area (Å²) < 4.78 is 10.8. The number of carboxylic acids is 1. The lowest BCUT2D eigenvalue weighted by atomic mass is 9.85. The van der Waals surface area contributed by atoms with E-state index in [-0.39, 0.29) is 6.61 Å². The van der Waals surface area contributed by atoms with Gasteiger partial charge in [-0.25, -0.2) is 4.98 Å². The minimum Gasteiger partial charge on any atom is -0.481 e. The molecule has 0 aromatic carbocycles. The Labute approximate surface area is 152 Å². The number of nitrogens with zero attached hydrogens (tertiary/aromatic N) is 4. The summed E-state index contributed by atoms with van der Waals surface area (Å²) in [6.07, 6.45) is 0.988. The molecule has 1 atom stereocenters. The highest BCUT2D eigenvalue weighted by molar-refractivity contribution is 5.82. The Bertz CT molecular complexity index is 648. The van der Waals surface area contributed by atoms with E-state index in [0.29, 0.717) is 63.3 Å². The third kappa shape index (κ3) is 3.89. The maximum Gasteiger partial charge on any atom is 0.313 e. The molecule has 0 spiro atoms. The van der Waals surface area contributed by atoms with E-state index in [1.165, 1.54) is 0 Å². The van der Waals surface area contributed by atoms with Crippen LogP contribution in [-0.2, 0) is 19.7 Å². The Morgan fingerprint density at radius 1 is 1.19 bits per heavy atom. The second-order valence-corrected chi connectivity index (χ2v) is 7.11. The molecule has 3 heterocycles. The molecule has 1 aromatic rings. The van der Waals surface area contributed by atoms with Crippen LogP contribution >= 0.6 is 0 Å². The lowest BCUT2D eigenvalue weighted by Gasteiger charge is -2.33. The minimum atomic E-state index is -1.12. The highest BCUT2D eigenvalue weighted by Crippen LogP contribution is 2.32. The molecule has 0 aliphatic carbocycles. The molecule has 0 amide bonds. The number of β-amino-alcohol motifs (C(OH)–C–C–N with tert-alkyl or cyclic N) is 1. The number of hydrogen-bond acceptors (Lipinski definition) is 8. The van der Waals surface area contributed by atoms with Crippen LogP contribution in [0.5, 0.6) is 0 Å². The number of carbonyl (C=O) groups is 1. The van der Waals surface area contributed by atoms with Gasteiger partial charge in [0.05, 0.1) is 37.9 Å². The van der Waals surface area contributed by atoms with Crippen LogP contribution in [0.4, 0.5) is 11.8 Å². The number of anilines is 2. The van der Waals surface area contributed by atoms with Crippen molar-refractivity contribution in [1.82, 2.24) is 9.97 Å². The number of aromatic nitrogens is 2. The van der Waals surface area contributed by atoms with Crippen molar-refractivity contribution in [2.45, 2.75) is 25.4 Å². The van der Waals surface area contributed by atoms with Gasteiger partial charge in [0.15, 0.2) is 0 Å². The molecule has 0 radical (unpaired) electrons. The predicted octanol–water partition coefficient (Wildman–Crippen LogP) is -0.127. The van der Waals surface area contributed by atoms with E-state index < -0.39 is 17.5 Å². The van der Waals surface area contributed by atoms with Gasteiger partial charge in [-0.05, 0) is 13.8 Å². The Hall–Kier alpha value is -1.97. The molecule has 9 heteroatoms. The third-order valence-corrected chi connectivity index (χ3v) is 4.80. The third-order valence-electron chi connectivity index (χ3n) is 4.80. The zero-order valence-corrected chi connectivity index (χ0v) is 15.2. The van der Waals surface area contributed by atoms with E-state index >= 15 is 0 Å². The first-order valence-electron chi connectivity index (χ1n) is 8.84. The van der Waals surface area contributed by atoms with E-state index in [4.69, 9.17) is 14.5 Å². The first kappa shape index (κ1) is 18.8. The molecule has 1 aromatic heterocycles. The van der Waals surface area contributed by atoms with Gasteiger partial charge in [0.25, 0.3) is 0 Å². The van der Waals surface area contributed by atoms with Crippen LogP contribution in [0, 0.1) is 0 Å². The van der Waals surface area contributed by atoms with Gasteiger partial charge in [-0.1, -0.05) is 0 Å². The average molecular weight is 366 g/mol. The molecule has 2 aliphatic heterocycles. The number of aliphatic hydroxyl groups excluding tert-OH is 1. The van der Waals surface area contributed by atoms with Crippen molar-refractivity contribution in [1.29, 1.82) is 0 Å². The predicted molar refractivity (Wildman–Crippen MR) is 94.8 cm³/mol. The van der Waals surface area contributed by atoms with Gasteiger partial charge < -0.3 is 29.5 Å². The van der Waals surface area contributed by atoms with Gasteiger partial charge in [-0.15, -0.1) is 0 Å². The number of morpholine rings is 1. The molecule has 2 aliphatic rings. The normalized spacial score (nSPS) is 22.2. The number of rotatable bonds is 4. The second kappa shape index (κ2) is 7.73. The van der Waals surface area contributed by atoms with Crippen molar-refractivity contribution >= 4 is 17.7 Å². The summed E-state index contributed by atoms with van der Waals surface area (Å²) in [4.78, 5) is 24.8. The van der Waals surface area contributed by atoms with E-state index in [0.717, 1.165) is 0 Å². The molecule has 1 unspecified atom stereocenters. The Morgan fingerprint density at radius 3 is 2.54 bits per heavy atom. The summed E-state index contributed by atoms with van der Waals surface area (Å²) in [6, 6.07) is 0. The standard InChI is InChI=1S/C17H26N4O5/c1-17(2,15(23)24)13-9-18-16(21-5-8-26-11-12(22)10-21)19-14(13)20-3-6-25-7-4-20/h9,12,22H,3-8,10-11H2,1-2H3,(H,23,24). The molecular formula is C17H26N4O5. The molecule has 26 heavy (non-hydrogen) atoms. The summed E-state index contributed by atoms with van der Waals surface area (Å²) >= 11 is 0. The summed E-state index contributed by atoms with van der Waals surface area (Å²) in [5.41, 5.74) is -0.546. The highest BCUT2D eigenvalue weighted by Gasteiger charge is 2.35. The summed E-state index contributed by atoms with van der Waals surface area (Å²) in [5, 5.41) is 19.6. The zero-order chi connectivity index (χ0) is 18.7. The number of aliphatic carboxylic acids is 1. The summed E-state index contributed by atoms with van der Waals surface area (Å²) in [5.74, 6) is 0.160. The van der Waals surface area contributed by atoms with Crippen LogP contribution in [0.3, 0.4) is 0 Å². The van der Waals surface area contributed by atoms with E-state index in [2.05, 4.69) is 4.98 Å². The van der Waals surface area contributed by atoms with Gasteiger partial charge in [0.2, 0.25) is 5.95 Å². The van der Waals surface area contributed by atoms with Crippen LogP contribution in [-0.4, -0.2) is 84.9 Å². The lowest BCUT2D eigenvalue weighted by molar-refractivity contribution is -0.142.